The van der Waals surface area contributed by atoms with Crippen LogP contribution in [-0.2, 0) is 6.54 Å². The van der Waals surface area contributed by atoms with Crippen molar-refractivity contribution in [2.45, 2.75) is 33.2 Å². The van der Waals surface area contributed by atoms with Crippen LogP contribution in [0.4, 0.5) is 0 Å². The van der Waals surface area contributed by atoms with Crippen LogP contribution in [0.15, 0.2) is 12.5 Å². The Hall–Kier alpha value is -1.13. The van der Waals surface area contributed by atoms with Gasteiger partial charge in [0.15, 0.2) is 5.82 Å². The number of imidazole rings is 1. The highest BCUT2D eigenvalue weighted by atomic mass is 35.5. The summed E-state index contributed by atoms with van der Waals surface area (Å²) in [6, 6.07) is 0. The van der Waals surface area contributed by atoms with E-state index in [1.54, 1.807) is 12.5 Å². The van der Waals surface area contributed by atoms with Gasteiger partial charge in [0.2, 0.25) is 0 Å². The topological polar surface area (TPSA) is 43.6 Å². The zero-order chi connectivity index (χ0) is 13.3. The molecular formula is C12H14Cl2N4. The van der Waals surface area contributed by atoms with Gasteiger partial charge >= 0.3 is 0 Å². The minimum absolute atomic E-state index is 0.190. The lowest BCUT2D eigenvalue weighted by Crippen LogP contribution is -2.02. The van der Waals surface area contributed by atoms with Gasteiger partial charge < -0.3 is 4.57 Å². The van der Waals surface area contributed by atoms with Gasteiger partial charge in [-0.25, -0.2) is 15.0 Å². The first-order valence-corrected chi connectivity index (χ1v) is 6.53. The summed E-state index contributed by atoms with van der Waals surface area (Å²) in [6.07, 6.45) is 3.44. The Morgan fingerprint density at radius 2 is 1.83 bits per heavy atom. The summed E-state index contributed by atoms with van der Waals surface area (Å²) < 4.78 is 1.94. The van der Waals surface area contributed by atoms with E-state index in [-0.39, 0.29) is 5.92 Å². The van der Waals surface area contributed by atoms with Crippen LogP contribution >= 0.6 is 23.2 Å². The van der Waals surface area contributed by atoms with Crippen molar-refractivity contribution in [1.29, 1.82) is 0 Å². The van der Waals surface area contributed by atoms with E-state index in [0.717, 1.165) is 17.8 Å². The van der Waals surface area contributed by atoms with Crippen molar-refractivity contribution in [1.82, 2.24) is 19.5 Å². The number of halogens is 2. The van der Waals surface area contributed by atoms with E-state index < -0.39 is 0 Å². The predicted octanol–water partition coefficient (Wildman–Crippen LogP) is 3.79. The molecular weight excluding hydrogens is 271 g/mol. The Balaban J connectivity index is 2.55. The zero-order valence-electron chi connectivity index (χ0n) is 10.5. The largest absolute Gasteiger partial charge is 0.328 e. The zero-order valence-corrected chi connectivity index (χ0v) is 12.0. The van der Waals surface area contributed by atoms with Gasteiger partial charge in [-0.15, -0.1) is 0 Å². The third kappa shape index (κ3) is 2.35. The van der Waals surface area contributed by atoms with Crippen LogP contribution in [0.2, 0.25) is 10.3 Å². The molecule has 0 N–H and O–H groups in total. The van der Waals surface area contributed by atoms with Crippen LogP contribution < -0.4 is 0 Å². The Morgan fingerprint density at radius 3 is 2.33 bits per heavy atom. The molecule has 0 spiro atoms. The van der Waals surface area contributed by atoms with Gasteiger partial charge in [0, 0.05) is 12.1 Å². The number of hydrogen-bond acceptors (Lipinski definition) is 3. The molecule has 18 heavy (non-hydrogen) atoms. The fourth-order valence-corrected chi connectivity index (χ4v) is 2.59. The molecule has 6 heteroatoms. The first-order chi connectivity index (χ1) is 8.54. The normalized spacial score (nSPS) is 11.2. The number of aromatic nitrogens is 4. The molecule has 0 unspecified atom stereocenters. The monoisotopic (exact) mass is 284 g/mol. The summed E-state index contributed by atoms with van der Waals surface area (Å²) in [7, 11) is 0. The molecule has 0 saturated carbocycles. The minimum atomic E-state index is 0.190. The van der Waals surface area contributed by atoms with Gasteiger partial charge in [-0.1, -0.05) is 37.0 Å². The van der Waals surface area contributed by atoms with Gasteiger partial charge in [-0.2, -0.15) is 0 Å². The van der Waals surface area contributed by atoms with Gasteiger partial charge in [0.1, 0.15) is 16.0 Å². The van der Waals surface area contributed by atoms with Crippen molar-refractivity contribution in [2.24, 2.45) is 0 Å². The maximum atomic E-state index is 6.18. The maximum absolute atomic E-state index is 6.18. The van der Waals surface area contributed by atoms with Crippen molar-refractivity contribution in [3.8, 4) is 11.5 Å². The molecule has 0 bridgehead atoms. The second kappa shape index (κ2) is 5.24. The molecule has 0 atom stereocenters. The van der Waals surface area contributed by atoms with Crippen molar-refractivity contribution in [2.75, 3.05) is 0 Å². The van der Waals surface area contributed by atoms with E-state index in [2.05, 4.69) is 15.0 Å². The Kier molecular flexibility index (Phi) is 3.88. The fourth-order valence-electron chi connectivity index (χ4n) is 1.77. The standard InChI is InChI=1S/C12H14Cl2N4/c1-4-18-6-15-5-8(18)12-16-10(13)9(7(2)3)11(14)17-12/h5-7H,4H2,1-3H3. The molecule has 2 aromatic heterocycles. The first kappa shape index (κ1) is 13.3. The van der Waals surface area contributed by atoms with Crippen LogP contribution in [0.3, 0.4) is 0 Å². The van der Waals surface area contributed by atoms with Crippen LogP contribution in [0, 0.1) is 0 Å². The van der Waals surface area contributed by atoms with Crippen molar-refractivity contribution in [3.63, 3.8) is 0 Å². The van der Waals surface area contributed by atoms with Gasteiger partial charge in [-0.05, 0) is 12.8 Å². The third-order valence-corrected chi connectivity index (χ3v) is 3.29. The molecule has 0 fully saturated rings. The molecule has 2 aromatic rings. The molecule has 2 heterocycles. The molecule has 4 nitrogen and oxygen atoms in total. The number of nitrogens with zero attached hydrogens (tertiary/aromatic N) is 4. The Morgan fingerprint density at radius 1 is 1.22 bits per heavy atom. The van der Waals surface area contributed by atoms with Gasteiger partial charge in [0.05, 0.1) is 12.5 Å². The molecule has 0 aliphatic rings. The lowest BCUT2D eigenvalue weighted by molar-refractivity contribution is 0.762. The van der Waals surface area contributed by atoms with Crippen LogP contribution in [0.5, 0.6) is 0 Å². The second-order valence-electron chi connectivity index (χ2n) is 4.26. The summed E-state index contributed by atoms with van der Waals surface area (Å²) in [5.41, 5.74) is 1.60. The van der Waals surface area contributed by atoms with Gasteiger partial charge in [0.25, 0.3) is 0 Å². The van der Waals surface area contributed by atoms with Crippen molar-refractivity contribution in [3.05, 3.63) is 28.4 Å². The van der Waals surface area contributed by atoms with Crippen molar-refractivity contribution < 1.29 is 0 Å². The summed E-state index contributed by atoms with van der Waals surface area (Å²) in [5, 5.41) is 0.813. The van der Waals surface area contributed by atoms with E-state index in [4.69, 9.17) is 23.2 Å². The van der Waals surface area contributed by atoms with Gasteiger partial charge in [-0.3, -0.25) is 0 Å². The molecule has 2 rings (SSSR count). The summed E-state index contributed by atoms with van der Waals surface area (Å²) in [5.74, 6) is 0.698. The highest BCUT2D eigenvalue weighted by molar-refractivity contribution is 6.34. The minimum Gasteiger partial charge on any atom is -0.328 e. The first-order valence-electron chi connectivity index (χ1n) is 5.78. The number of aryl methyl sites for hydroxylation is 1. The lowest BCUT2D eigenvalue weighted by atomic mass is 10.1. The summed E-state index contributed by atoms with van der Waals surface area (Å²) in [6.45, 7) is 6.83. The van der Waals surface area contributed by atoms with E-state index in [0.29, 0.717) is 16.1 Å². The average Bonchev–Trinajstić information content (AvgIpc) is 2.75. The predicted molar refractivity (Wildman–Crippen MR) is 73.0 cm³/mol. The third-order valence-electron chi connectivity index (χ3n) is 2.71. The highest BCUT2D eigenvalue weighted by Gasteiger charge is 2.17. The maximum Gasteiger partial charge on any atom is 0.180 e. The number of rotatable bonds is 3. The van der Waals surface area contributed by atoms with E-state index in [1.165, 1.54) is 0 Å². The molecule has 0 aromatic carbocycles. The Labute approximate surface area is 116 Å². The molecule has 0 saturated heterocycles. The highest BCUT2D eigenvalue weighted by Crippen LogP contribution is 2.30. The molecule has 96 valence electrons. The number of hydrogen-bond donors (Lipinski definition) is 0. The van der Waals surface area contributed by atoms with Crippen LogP contribution in [-0.4, -0.2) is 19.5 Å². The molecule has 0 aliphatic heterocycles. The quantitative estimate of drug-likeness (QED) is 0.806. The molecule has 0 radical (unpaired) electrons. The van der Waals surface area contributed by atoms with E-state index in [9.17, 15) is 0 Å². The SMILES string of the molecule is CCn1cncc1-c1nc(Cl)c(C(C)C)c(Cl)n1. The van der Waals surface area contributed by atoms with Crippen LogP contribution in [0.25, 0.3) is 11.5 Å². The molecule has 0 amide bonds. The smallest absolute Gasteiger partial charge is 0.180 e. The fraction of sp³-hybridized carbons (Fsp3) is 0.417. The van der Waals surface area contributed by atoms with E-state index >= 15 is 0 Å². The molecule has 0 aliphatic carbocycles. The average molecular weight is 285 g/mol. The van der Waals surface area contributed by atoms with Crippen molar-refractivity contribution >= 4 is 23.2 Å². The summed E-state index contributed by atoms with van der Waals surface area (Å²) in [4.78, 5) is 12.7. The van der Waals surface area contributed by atoms with Crippen LogP contribution in [0.1, 0.15) is 32.3 Å². The second-order valence-corrected chi connectivity index (χ2v) is 4.98. The lowest BCUT2D eigenvalue weighted by Gasteiger charge is -2.11. The van der Waals surface area contributed by atoms with E-state index in [1.807, 2.05) is 25.3 Å². The Bertz CT molecular complexity index is 540. The summed E-state index contributed by atoms with van der Waals surface area (Å²) >= 11 is 12.4.